The minimum Gasteiger partial charge on any atom is -0.454 e. The van der Waals surface area contributed by atoms with Crippen molar-refractivity contribution in [1.29, 1.82) is 0 Å². The minimum atomic E-state index is -3.51. The van der Waals surface area contributed by atoms with Gasteiger partial charge in [-0.3, -0.25) is 9.69 Å². The Morgan fingerprint density at radius 1 is 1.03 bits per heavy atom. The fourth-order valence-electron chi connectivity index (χ4n) is 3.55. The summed E-state index contributed by atoms with van der Waals surface area (Å²) in [6, 6.07) is 14.2. The molecule has 1 atom stereocenters. The minimum absolute atomic E-state index is 0.154. The number of hydrogen-bond donors (Lipinski definition) is 1. The summed E-state index contributed by atoms with van der Waals surface area (Å²) in [6.07, 6.45) is 1.60. The van der Waals surface area contributed by atoms with Gasteiger partial charge in [0.05, 0.1) is 6.04 Å². The Kier molecular flexibility index (Phi) is 6.26. The van der Waals surface area contributed by atoms with Crippen LogP contribution in [0.1, 0.15) is 12.5 Å². The maximum Gasteiger partial charge on any atom is 0.241 e. The number of amides is 1. The van der Waals surface area contributed by atoms with E-state index < -0.39 is 16.1 Å². The van der Waals surface area contributed by atoms with Gasteiger partial charge in [-0.2, -0.15) is 4.31 Å². The topological polar surface area (TPSA) is 88.2 Å². The van der Waals surface area contributed by atoms with Gasteiger partial charge in [-0.05, 0) is 30.7 Å². The lowest BCUT2D eigenvalue weighted by Gasteiger charge is -2.36. The van der Waals surface area contributed by atoms with E-state index in [1.54, 1.807) is 24.3 Å². The predicted octanol–water partition coefficient (Wildman–Crippen LogP) is 2.36. The van der Waals surface area contributed by atoms with E-state index in [0.717, 1.165) is 5.56 Å². The SMILES string of the molecule is CC(C(=O)Nc1ccc2c(c1)OCO2)N1CCN(S(=O)(=O)/C=C/c2ccccc2)CC1. The summed E-state index contributed by atoms with van der Waals surface area (Å²) < 4.78 is 37.3. The Morgan fingerprint density at radius 2 is 1.74 bits per heavy atom. The zero-order valence-corrected chi connectivity index (χ0v) is 18.0. The Hall–Kier alpha value is -2.88. The number of benzene rings is 2. The fraction of sp³-hybridized carbons (Fsp3) is 0.318. The Morgan fingerprint density at radius 3 is 2.48 bits per heavy atom. The quantitative estimate of drug-likeness (QED) is 0.738. The van der Waals surface area contributed by atoms with Gasteiger partial charge in [0.15, 0.2) is 11.5 Å². The van der Waals surface area contributed by atoms with Gasteiger partial charge in [0.2, 0.25) is 22.7 Å². The van der Waals surface area contributed by atoms with E-state index in [2.05, 4.69) is 5.32 Å². The molecule has 1 saturated heterocycles. The molecule has 2 aliphatic rings. The summed E-state index contributed by atoms with van der Waals surface area (Å²) in [5.41, 5.74) is 1.46. The summed E-state index contributed by atoms with van der Waals surface area (Å²) in [4.78, 5) is 14.7. The average Bonchev–Trinajstić information content (AvgIpc) is 3.26. The smallest absolute Gasteiger partial charge is 0.241 e. The van der Waals surface area contributed by atoms with E-state index in [4.69, 9.17) is 9.47 Å². The highest BCUT2D eigenvalue weighted by atomic mass is 32.2. The third-order valence-electron chi connectivity index (χ3n) is 5.43. The number of fused-ring (bicyclic) bond motifs is 1. The number of ether oxygens (including phenoxy) is 2. The van der Waals surface area contributed by atoms with Crippen molar-refractivity contribution in [1.82, 2.24) is 9.21 Å². The van der Waals surface area contributed by atoms with E-state index in [1.807, 2.05) is 42.2 Å². The van der Waals surface area contributed by atoms with Crippen LogP contribution in [0.2, 0.25) is 0 Å². The normalized spacial score (nSPS) is 18.2. The molecule has 1 amide bonds. The van der Waals surface area contributed by atoms with Crippen LogP contribution in [0.4, 0.5) is 5.69 Å². The van der Waals surface area contributed by atoms with Crippen LogP contribution in [-0.4, -0.2) is 62.5 Å². The van der Waals surface area contributed by atoms with Crippen molar-refractivity contribution in [3.63, 3.8) is 0 Å². The second kappa shape index (κ2) is 9.09. The van der Waals surface area contributed by atoms with Gasteiger partial charge in [0, 0.05) is 43.3 Å². The van der Waals surface area contributed by atoms with Gasteiger partial charge in [-0.25, -0.2) is 8.42 Å². The molecule has 8 nitrogen and oxygen atoms in total. The monoisotopic (exact) mass is 443 g/mol. The van der Waals surface area contributed by atoms with Gasteiger partial charge >= 0.3 is 0 Å². The molecular formula is C22H25N3O5S. The highest BCUT2D eigenvalue weighted by Gasteiger charge is 2.30. The van der Waals surface area contributed by atoms with Crippen LogP contribution in [0.3, 0.4) is 0 Å². The molecule has 9 heteroatoms. The summed E-state index contributed by atoms with van der Waals surface area (Å²) in [6.45, 7) is 3.63. The molecule has 31 heavy (non-hydrogen) atoms. The van der Waals surface area contributed by atoms with Gasteiger partial charge in [0.25, 0.3) is 0 Å². The van der Waals surface area contributed by atoms with Crippen LogP contribution in [0.25, 0.3) is 6.08 Å². The first-order valence-electron chi connectivity index (χ1n) is 10.1. The maximum absolute atomic E-state index is 12.7. The van der Waals surface area contributed by atoms with E-state index >= 15 is 0 Å². The number of nitrogens with zero attached hydrogens (tertiary/aromatic N) is 2. The first-order valence-corrected chi connectivity index (χ1v) is 11.6. The molecule has 2 aromatic rings. The molecule has 164 valence electrons. The molecule has 0 aliphatic carbocycles. The van der Waals surface area contributed by atoms with Crippen LogP contribution in [0.15, 0.2) is 53.9 Å². The van der Waals surface area contributed by atoms with Crippen LogP contribution >= 0.6 is 0 Å². The molecule has 1 N–H and O–H groups in total. The molecule has 1 fully saturated rings. The Balaban J connectivity index is 1.31. The van der Waals surface area contributed by atoms with Gasteiger partial charge < -0.3 is 14.8 Å². The van der Waals surface area contributed by atoms with Gasteiger partial charge in [-0.1, -0.05) is 30.3 Å². The zero-order chi connectivity index (χ0) is 21.8. The number of carbonyl (C=O) groups is 1. The van der Waals surface area contributed by atoms with Crippen molar-refractivity contribution in [2.45, 2.75) is 13.0 Å². The molecule has 4 rings (SSSR count). The highest BCUT2D eigenvalue weighted by Crippen LogP contribution is 2.34. The lowest BCUT2D eigenvalue weighted by molar-refractivity contribution is -0.121. The van der Waals surface area contributed by atoms with Crippen LogP contribution in [0, 0.1) is 0 Å². The van der Waals surface area contributed by atoms with Crippen LogP contribution in [0.5, 0.6) is 11.5 Å². The summed E-state index contributed by atoms with van der Waals surface area (Å²) in [5.74, 6) is 1.11. The Bertz CT molecular complexity index is 1060. The standard InChI is InChI=1S/C22H25N3O5S/c1-17(22(26)23-19-7-8-20-21(15-19)30-16-29-20)24-10-12-25(13-11-24)31(27,28)14-9-18-5-3-2-4-6-18/h2-9,14-15,17H,10-13,16H2,1H3,(H,23,26)/b14-9+. The molecule has 0 spiro atoms. The lowest BCUT2D eigenvalue weighted by atomic mass is 10.2. The maximum atomic E-state index is 12.7. The van der Waals surface area contributed by atoms with E-state index in [1.165, 1.54) is 9.71 Å². The molecular weight excluding hydrogens is 418 g/mol. The Labute approximate surface area is 182 Å². The van der Waals surface area contributed by atoms with E-state index in [-0.39, 0.29) is 12.7 Å². The molecule has 0 saturated carbocycles. The molecule has 0 bridgehead atoms. The second-order valence-corrected chi connectivity index (χ2v) is 9.25. The first kappa shape index (κ1) is 21.4. The number of carbonyl (C=O) groups excluding carboxylic acids is 1. The fourth-order valence-corrected chi connectivity index (χ4v) is 4.72. The number of sulfonamides is 1. The van der Waals surface area contributed by atoms with Crippen molar-refractivity contribution in [3.8, 4) is 11.5 Å². The number of rotatable bonds is 6. The van der Waals surface area contributed by atoms with Crippen molar-refractivity contribution < 1.29 is 22.7 Å². The zero-order valence-electron chi connectivity index (χ0n) is 17.2. The molecule has 2 aromatic carbocycles. The third-order valence-corrected chi connectivity index (χ3v) is 7.00. The summed E-state index contributed by atoms with van der Waals surface area (Å²) >= 11 is 0. The van der Waals surface area contributed by atoms with Crippen molar-refractivity contribution in [2.24, 2.45) is 0 Å². The van der Waals surface area contributed by atoms with E-state index in [0.29, 0.717) is 43.4 Å². The van der Waals surface area contributed by atoms with Crippen molar-refractivity contribution in [2.75, 3.05) is 38.3 Å². The third kappa shape index (κ3) is 5.07. The van der Waals surface area contributed by atoms with Crippen molar-refractivity contribution >= 4 is 27.7 Å². The first-order chi connectivity index (χ1) is 14.9. The summed E-state index contributed by atoms with van der Waals surface area (Å²) in [7, 11) is -3.51. The van der Waals surface area contributed by atoms with Gasteiger partial charge in [0.1, 0.15) is 0 Å². The molecule has 2 aliphatic heterocycles. The van der Waals surface area contributed by atoms with Crippen LogP contribution < -0.4 is 14.8 Å². The molecule has 1 unspecified atom stereocenters. The second-order valence-electron chi connectivity index (χ2n) is 7.43. The predicted molar refractivity (Wildman–Crippen MR) is 118 cm³/mol. The molecule has 0 aromatic heterocycles. The molecule has 2 heterocycles. The number of hydrogen-bond acceptors (Lipinski definition) is 6. The summed E-state index contributed by atoms with van der Waals surface area (Å²) in [5, 5.41) is 4.13. The van der Waals surface area contributed by atoms with E-state index in [9.17, 15) is 13.2 Å². The average molecular weight is 444 g/mol. The largest absolute Gasteiger partial charge is 0.454 e. The number of piperazine rings is 1. The number of anilines is 1. The molecule has 0 radical (unpaired) electrons. The lowest BCUT2D eigenvalue weighted by Crippen LogP contribution is -2.53. The van der Waals surface area contributed by atoms with Gasteiger partial charge in [-0.15, -0.1) is 0 Å². The van der Waals surface area contributed by atoms with Crippen LogP contribution in [-0.2, 0) is 14.8 Å². The number of nitrogens with one attached hydrogen (secondary N) is 1. The highest BCUT2D eigenvalue weighted by molar-refractivity contribution is 7.92. The van der Waals surface area contributed by atoms with Crippen molar-refractivity contribution in [3.05, 3.63) is 59.5 Å².